The first-order valence-corrected chi connectivity index (χ1v) is 5.20. The molecule has 2 unspecified atom stereocenters. The van der Waals surface area contributed by atoms with E-state index in [1.807, 2.05) is 0 Å². The minimum absolute atomic E-state index is 0.322. The van der Waals surface area contributed by atoms with Gasteiger partial charge in [-0.2, -0.15) is 0 Å². The topological polar surface area (TPSA) is 12.0 Å². The third kappa shape index (κ3) is 4.47. The zero-order chi connectivity index (χ0) is 10.6. The third-order valence-electron chi connectivity index (χ3n) is 2.75. The molecule has 0 aromatic rings. The maximum Gasteiger partial charge on any atom is 0.0274 e. The third-order valence-corrected chi connectivity index (χ3v) is 2.75. The summed E-state index contributed by atoms with van der Waals surface area (Å²) in [6.45, 7) is 17.3. The van der Waals surface area contributed by atoms with Crippen LogP contribution < -0.4 is 5.32 Å². The van der Waals surface area contributed by atoms with Gasteiger partial charge in [0.15, 0.2) is 0 Å². The Labute approximate surface area is 83.6 Å². The van der Waals surface area contributed by atoms with Gasteiger partial charge in [0.1, 0.15) is 0 Å². The molecular weight excluding hydrogens is 158 g/mol. The Morgan fingerprint density at radius 1 is 1.38 bits per heavy atom. The Kier molecular flexibility index (Phi) is 4.69. The van der Waals surface area contributed by atoms with E-state index in [-0.39, 0.29) is 0 Å². The minimum atomic E-state index is 0.322. The summed E-state index contributed by atoms with van der Waals surface area (Å²) in [6.07, 6.45) is 1.12. The highest BCUT2D eigenvalue weighted by atomic mass is 15.0. The lowest BCUT2D eigenvalue weighted by atomic mass is 9.87. The summed E-state index contributed by atoms with van der Waals surface area (Å²) in [7, 11) is 0. The second-order valence-electron chi connectivity index (χ2n) is 5.06. The summed E-state index contributed by atoms with van der Waals surface area (Å²) in [5, 5.41) is 3.61. The van der Waals surface area contributed by atoms with Gasteiger partial charge in [0, 0.05) is 12.1 Å². The smallest absolute Gasteiger partial charge is 0.0274 e. The summed E-state index contributed by atoms with van der Waals surface area (Å²) >= 11 is 0. The standard InChI is InChI=1S/C12H25N/c1-8-11(9(2)3)13-10(4)12(5,6)7/h10-11,13H,2,8H2,1,3-7H3. The van der Waals surface area contributed by atoms with Crippen molar-refractivity contribution in [3.63, 3.8) is 0 Å². The lowest BCUT2D eigenvalue weighted by molar-refractivity contribution is 0.269. The maximum absolute atomic E-state index is 4.00. The van der Waals surface area contributed by atoms with E-state index in [0.29, 0.717) is 17.5 Å². The average molecular weight is 183 g/mol. The molecule has 0 heterocycles. The van der Waals surface area contributed by atoms with Crippen molar-refractivity contribution in [1.82, 2.24) is 5.32 Å². The molecule has 13 heavy (non-hydrogen) atoms. The molecule has 0 aromatic carbocycles. The van der Waals surface area contributed by atoms with Crippen LogP contribution in [0, 0.1) is 5.41 Å². The zero-order valence-electron chi connectivity index (χ0n) is 10.1. The monoisotopic (exact) mass is 183 g/mol. The highest BCUT2D eigenvalue weighted by molar-refractivity contribution is 5.02. The molecule has 0 aliphatic rings. The summed E-state index contributed by atoms with van der Waals surface area (Å²) in [4.78, 5) is 0. The Balaban J connectivity index is 4.17. The van der Waals surface area contributed by atoms with E-state index in [9.17, 15) is 0 Å². The van der Waals surface area contributed by atoms with E-state index in [4.69, 9.17) is 0 Å². The van der Waals surface area contributed by atoms with Crippen LogP contribution in [0.25, 0.3) is 0 Å². The normalized spacial score (nSPS) is 16.8. The van der Waals surface area contributed by atoms with Gasteiger partial charge in [-0.05, 0) is 25.7 Å². The molecule has 1 N–H and O–H groups in total. The minimum Gasteiger partial charge on any atom is -0.307 e. The quantitative estimate of drug-likeness (QED) is 0.659. The average Bonchev–Trinajstić information content (AvgIpc) is 1.96. The first-order valence-electron chi connectivity index (χ1n) is 5.20. The first kappa shape index (κ1) is 12.7. The van der Waals surface area contributed by atoms with E-state index in [1.165, 1.54) is 5.57 Å². The molecule has 2 atom stereocenters. The molecule has 0 spiro atoms. The van der Waals surface area contributed by atoms with Crippen LogP contribution in [0.3, 0.4) is 0 Å². The Hall–Kier alpha value is -0.300. The van der Waals surface area contributed by atoms with Crippen molar-refractivity contribution >= 4 is 0 Å². The van der Waals surface area contributed by atoms with Crippen LogP contribution in [0.4, 0.5) is 0 Å². The molecule has 0 aliphatic carbocycles. The van der Waals surface area contributed by atoms with E-state index >= 15 is 0 Å². The molecule has 1 nitrogen and oxygen atoms in total. The van der Waals surface area contributed by atoms with Gasteiger partial charge in [0.05, 0.1) is 0 Å². The summed E-state index contributed by atoms with van der Waals surface area (Å²) in [6, 6.07) is 0.989. The molecule has 0 amide bonds. The molecule has 0 aromatic heterocycles. The molecule has 0 bridgehead atoms. The zero-order valence-corrected chi connectivity index (χ0v) is 10.1. The van der Waals surface area contributed by atoms with Crippen LogP contribution in [0.1, 0.15) is 48.0 Å². The maximum atomic E-state index is 4.00. The number of hydrogen-bond donors (Lipinski definition) is 1. The molecule has 78 valence electrons. The van der Waals surface area contributed by atoms with Gasteiger partial charge in [0.2, 0.25) is 0 Å². The lowest BCUT2D eigenvalue weighted by Gasteiger charge is -2.32. The molecule has 0 rings (SSSR count). The van der Waals surface area contributed by atoms with E-state index in [1.54, 1.807) is 0 Å². The second-order valence-corrected chi connectivity index (χ2v) is 5.06. The lowest BCUT2D eigenvalue weighted by Crippen LogP contribution is -2.44. The number of nitrogens with one attached hydrogen (secondary N) is 1. The molecule has 1 heteroatoms. The van der Waals surface area contributed by atoms with Crippen molar-refractivity contribution in [3.8, 4) is 0 Å². The Morgan fingerprint density at radius 3 is 2.08 bits per heavy atom. The summed E-state index contributed by atoms with van der Waals surface area (Å²) in [5.74, 6) is 0. The largest absolute Gasteiger partial charge is 0.307 e. The number of hydrogen-bond acceptors (Lipinski definition) is 1. The van der Waals surface area contributed by atoms with E-state index < -0.39 is 0 Å². The van der Waals surface area contributed by atoms with Crippen LogP contribution in [-0.4, -0.2) is 12.1 Å². The predicted octanol–water partition coefficient (Wildman–Crippen LogP) is 3.37. The van der Waals surface area contributed by atoms with Crippen LogP contribution in [0.2, 0.25) is 0 Å². The molecule has 0 aliphatic heterocycles. The molecule has 0 fully saturated rings. The fourth-order valence-electron chi connectivity index (χ4n) is 1.16. The molecule has 0 saturated heterocycles. The fourth-order valence-corrected chi connectivity index (χ4v) is 1.16. The molecule has 0 saturated carbocycles. The van der Waals surface area contributed by atoms with Crippen molar-refractivity contribution in [2.24, 2.45) is 5.41 Å². The Morgan fingerprint density at radius 2 is 1.85 bits per heavy atom. The fraction of sp³-hybridized carbons (Fsp3) is 0.833. The van der Waals surface area contributed by atoms with Crippen LogP contribution in [0.15, 0.2) is 12.2 Å². The first-order chi connectivity index (χ1) is 5.79. The van der Waals surface area contributed by atoms with Gasteiger partial charge in [-0.15, -0.1) is 0 Å². The molecule has 0 radical (unpaired) electrons. The SMILES string of the molecule is C=C(C)C(CC)NC(C)C(C)(C)C. The highest BCUT2D eigenvalue weighted by Crippen LogP contribution is 2.20. The van der Waals surface area contributed by atoms with Crippen molar-refractivity contribution in [2.45, 2.75) is 60.0 Å². The molecular formula is C12H25N. The predicted molar refractivity (Wildman–Crippen MR) is 60.9 cm³/mol. The highest BCUT2D eigenvalue weighted by Gasteiger charge is 2.22. The van der Waals surface area contributed by atoms with Crippen molar-refractivity contribution in [2.75, 3.05) is 0 Å². The van der Waals surface area contributed by atoms with Crippen LogP contribution in [0.5, 0.6) is 0 Å². The van der Waals surface area contributed by atoms with E-state index in [2.05, 4.69) is 53.4 Å². The summed E-state index contributed by atoms with van der Waals surface area (Å²) in [5.41, 5.74) is 1.56. The van der Waals surface area contributed by atoms with Gasteiger partial charge in [-0.1, -0.05) is 39.8 Å². The van der Waals surface area contributed by atoms with Gasteiger partial charge in [0.25, 0.3) is 0 Å². The van der Waals surface area contributed by atoms with Gasteiger partial charge in [-0.25, -0.2) is 0 Å². The van der Waals surface area contributed by atoms with Gasteiger partial charge >= 0.3 is 0 Å². The van der Waals surface area contributed by atoms with Crippen LogP contribution in [-0.2, 0) is 0 Å². The Bertz CT molecular complexity index is 164. The van der Waals surface area contributed by atoms with Gasteiger partial charge < -0.3 is 5.32 Å². The van der Waals surface area contributed by atoms with Crippen molar-refractivity contribution < 1.29 is 0 Å². The second kappa shape index (κ2) is 4.80. The van der Waals surface area contributed by atoms with Gasteiger partial charge in [-0.3, -0.25) is 0 Å². The van der Waals surface area contributed by atoms with E-state index in [0.717, 1.165) is 6.42 Å². The van der Waals surface area contributed by atoms with Crippen molar-refractivity contribution in [3.05, 3.63) is 12.2 Å². The van der Waals surface area contributed by atoms with Crippen molar-refractivity contribution in [1.29, 1.82) is 0 Å². The number of rotatable bonds is 4. The van der Waals surface area contributed by atoms with Crippen LogP contribution >= 0.6 is 0 Å². The summed E-state index contributed by atoms with van der Waals surface area (Å²) < 4.78 is 0.